The number of rotatable bonds is 21. The van der Waals surface area contributed by atoms with E-state index >= 15 is 9.59 Å². The number of nitrogens with one attached hydrogen (secondary N) is 8. The molecule has 5 aliphatic rings. The van der Waals surface area contributed by atoms with Gasteiger partial charge in [0.25, 0.3) is 0 Å². The van der Waals surface area contributed by atoms with Gasteiger partial charge in [0.15, 0.2) is 46.6 Å². The summed E-state index contributed by atoms with van der Waals surface area (Å²) in [5.74, 6) is -25.7. The number of amides is 7. The summed E-state index contributed by atoms with van der Waals surface area (Å²) < 4.78 is 28.8. The lowest BCUT2D eigenvalue weighted by Gasteiger charge is -2.27. The number of hydrogen-bond donors (Lipinski definition) is 14. The topological polar surface area (TPSA) is 528 Å². The Bertz CT molecular complexity index is 4690. The second kappa shape index (κ2) is 36.9. The first-order valence-electron chi connectivity index (χ1n) is 36.3. The average molecular weight is 1570 g/mol. The van der Waals surface area contributed by atoms with E-state index in [1.54, 1.807) is 6.08 Å². The lowest BCUT2D eigenvalue weighted by atomic mass is 9.82. The van der Waals surface area contributed by atoms with Crippen molar-refractivity contribution in [1.29, 1.82) is 5.41 Å². The van der Waals surface area contributed by atoms with Crippen LogP contribution in [0, 0.1) is 54.6 Å². The SMILES string of the molecule is C=Cc1c(C)c2cc3nc(c4c5[nH]c(cc6nc(cc1[nH]2)C(C)=C6CC)c(C)c5C(=O)C4)C(CCC(=O)C(C(N)=O)C(=O)[C@H](CCCNC(=N)N)NC(=O)[C@H]1CSSC[C@@H](N)C(=O)C[C@H](CC(=O)O)C(=O)NCC(=O)C[C@H](Cc2cc(F)cc(F)c2)C(=O)NCC(=O)N2CC(O)CC2C(=O)N[C@@H](CC(N)=O)C(=O)C1)C3C. The number of H-pyrrole nitrogens is 2. The number of allylic oxidation sites excluding steroid dienone is 2. The normalized spacial score (nSPS) is 22.6. The van der Waals surface area contributed by atoms with Gasteiger partial charge in [-0.1, -0.05) is 48.1 Å². The molecular weight excluding hydrogens is 1480 g/mol. The molecule has 111 heavy (non-hydrogen) atoms. The molecule has 5 unspecified atom stereocenters. The quantitative estimate of drug-likeness (QED) is 0.0187. The smallest absolute Gasteiger partial charge is 0.304 e. The maximum absolute atomic E-state index is 15.2. The van der Waals surface area contributed by atoms with Crippen LogP contribution in [-0.4, -0.2) is 191 Å². The highest BCUT2D eigenvalue weighted by Crippen LogP contribution is 2.45. The number of aliphatic carboxylic acids is 1. The van der Waals surface area contributed by atoms with Gasteiger partial charge in [-0.15, -0.1) is 0 Å². The van der Waals surface area contributed by atoms with E-state index in [4.69, 9.17) is 38.3 Å². The number of primary amides is 2. The second-order valence-corrected chi connectivity index (χ2v) is 31.2. The Hall–Kier alpha value is -10.6. The molecule has 1 aliphatic carbocycles. The van der Waals surface area contributed by atoms with Crippen molar-refractivity contribution in [3.8, 4) is 0 Å². The third-order valence-electron chi connectivity index (χ3n) is 20.8. The van der Waals surface area contributed by atoms with Gasteiger partial charge >= 0.3 is 5.97 Å². The molecule has 8 bridgehead atoms. The van der Waals surface area contributed by atoms with Crippen LogP contribution >= 0.6 is 21.6 Å². The number of halogens is 2. The molecule has 2 saturated heterocycles. The van der Waals surface area contributed by atoms with E-state index in [9.17, 15) is 76.5 Å². The van der Waals surface area contributed by atoms with E-state index in [-0.39, 0.29) is 49.3 Å². The molecule has 35 heteroatoms. The third kappa shape index (κ3) is 20.5. The number of guanidine groups is 1. The second-order valence-electron chi connectivity index (χ2n) is 28.6. The predicted molar refractivity (Wildman–Crippen MR) is 408 cm³/mol. The fourth-order valence-corrected chi connectivity index (χ4v) is 17.3. The van der Waals surface area contributed by atoms with E-state index in [0.717, 1.165) is 77.8 Å². The number of aryl methyl sites for hydroxylation is 2. The van der Waals surface area contributed by atoms with Crippen LogP contribution in [-0.2, 0) is 75.2 Å². The number of carboxylic acids is 1. The zero-order chi connectivity index (χ0) is 81.1. The van der Waals surface area contributed by atoms with Crippen molar-refractivity contribution < 1.29 is 86.1 Å². The summed E-state index contributed by atoms with van der Waals surface area (Å²) in [6.07, 6.45) is -5.15. The Balaban J connectivity index is 1.01. The molecule has 7 amide bonds. The van der Waals surface area contributed by atoms with Crippen molar-refractivity contribution in [3.05, 3.63) is 111 Å². The van der Waals surface area contributed by atoms with Crippen molar-refractivity contribution >= 4 is 149 Å². The van der Waals surface area contributed by atoms with Crippen molar-refractivity contribution in [2.24, 2.45) is 46.6 Å². The Morgan fingerprint density at radius 3 is 2.16 bits per heavy atom. The standard InChI is InChI=1S/C76H91F2N15O16S2/c1-7-45-33(3)51-24-53-35(5)47(68(89-53)48-23-62(99)66-36(6)54(90-69(48)66)26-56-46(8-2)34(4)52(88-56)25-55(45)87-51)11-12-59(96)67(71(81)105)70(104)50(10-9-13-84-76(82)83)91-74(108)40-19-61(98)57(27-63(80)100)92-75(109)58-22-44(95)30-93(58)64(101)29-86-72(106)38(14-37-15-41(77)21-42(78)16-37)17-43(94)28-85-73(107)39(20-65(102)103)18-60(97)49(79)32-111-110-31-40/h7,15-16,21,24-26,35,38-40,44,47,49-50,57-58,67,87,90,95H,1,8-14,17-20,22-23,27-32,79H2,2-6H3,(H2,80,100)(H2,81,105)(H,85,107)(H,86,106)(H,91,108)(H,92,109)(H,102,103)(H4,82,83,84)/t35?,38-,39+,40+,44?,47?,49+,50-,57-,58?,67?/m0/s1. The molecule has 9 rings (SSSR count). The van der Waals surface area contributed by atoms with Crippen LogP contribution in [0.2, 0.25) is 0 Å². The molecule has 0 spiro atoms. The lowest BCUT2D eigenvalue weighted by Crippen LogP contribution is -2.54. The van der Waals surface area contributed by atoms with Gasteiger partial charge in [-0.05, 0) is 111 Å². The van der Waals surface area contributed by atoms with Gasteiger partial charge in [-0.25, -0.2) is 13.8 Å². The molecule has 11 atom stereocenters. The van der Waals surface area contributed by atoms with Crippen molar-refractivity contribution in [2.75, 3.05) is 37.7 Å². The van der Waals surface area contributed by atoms with Crippen LogP contribution in [0.5, 0.6) is 0 Å². The number of aromatic amines is 2. The van der Waals surface area contributed by atoms with Gasteiger partial charge in [-0.3, -0.25) is 77.5 Å². The van der Waals surface area contributed by atoms with Gasteiger partial charge in [0, 0.05) is 126 Å². The average Bonchev–Trinajstić information content (AvgIpc) is 1.58. The molecule has 7 heterocycles. The van der Waals surface area contributed by atoms with Crippen molar-refractivity contribution in [2.45, 2.75) is 160 Å². The minimum Gasteiger partial charge on any atom is -0.481 e. The number of aliphatic hydroxyl groups excluding tert-OH is 1. The van der Waals surface area contributed by atoms with Crippen LogP contribution in [0.25, 0.3) is 39.3 Å². The Morgan fingerprint density at radius 1 is 0.820 bits per heavy atom. The maximum Gasteiger partial charge on any atom is 0.304 e. The number of Topliss-reactive ketones (excluding diaryl/α,β-unsaturated/α-hetero) is 6. The van der Waals surface area contributed by atoms with Gasteiger partial charge in [-0.2, -0.15) is 0 Å². The molecule has 2 fully saturated rings. The molecule has 0 radical (unpaired) electrons. The molecule has 0 saturated carbocycles. The Morgan fingerprint density at radius 2 is 1.50 bits per heavy atom. The predicted octanol–water partition coefficient (Wildman–Crippen LogP) is 3.31. The molecule has 31 nitrogen and oxygen atoms in total. The molecule has 1 aromatic carbocycles. The zero-order valence-electron chi connectivity index (χ0n) is 61.9. The third-order valence-corrected chi connectivity index (χ3v) is 23.3. The van der Waals surface area contributed by atoms with Gasteiger partial charge < -0.3 is 74.6 Å². The van der Waals surface area contributed by atoms with Crippen LogP contribution in [0.3, 0.4) is 0 Å². The number of ketones is 6. The van der Waals surface area contributed by atoms with Crippen molar-refractivity contribution in [1.82, 2.24) is 51.4 Å². The Kier molecular flexibility index (Phi) is 28.1. The first kappa shape index (κ1) is 84.4. The largest absolute Gasteiger partial charge is 0.481 e. The first-order chi connectivity index (χ1) is 52.5. The number of aromatic nitrogens is 4. The summed E-state index contributed by atoms with van der Waals surface area (Å²) in [4.78, 5) is 214. The van der Waals surface area contributed by atoms with Crippen molar-refractivity contribution in [3.63, 3.8) is 0 Å². The molecule has 3 aromatic heterocycles. The number of carboxylic acid groups (broad SMARTS) is 1. The number of fused-ring (bicyclic) bond motifs is 9. The first-order valence-corrected chi connectivity index (χ1v) is 38.8. The number of nitrogens with zero attached hydrogens (tertiary/aromatic N) is 3. The molecule has 18 N–H and O–H groups in total. The number of aliphatic hydroxyl groups is 1. The number of carbonyl (C=O) groups excluding carboxylic acids is 13. The van der Waals surface area contributed by atoms with Gasteiger partial charge in [0.05, 0.1) is 84.6 Å². The van der Waals surface area contributed by atoms with E-state index in [2.05, 4.69) is 43.1 Å². The minimum atomic E-state index is -2.23. The van der Waals surface area contributed by atoms with E-state index in [0.29, 0.717) is 57.1 Å². The van der Waals surface area contributed by atoms with Crippen LogP contribution in [0.1, 0.15) is 164 Å². The van der Waals surface area contributed by atoms with E-state index in [1.807, 2.05) is 52.8 Å². The summed E-state index contributed by atoms with van der Waals surface area (Å²) in [6.45, 7) is 11.5. The number of benzene rings is 1. The summed E-state index contributed by atoms with van der Waals surface area (Å²) in [6, 6.07) is 1.43. The van der Waals surface area contributed by atoms with Crippen LogP contribution in [0.4, 0.5) is 8.78 Å². The zero-order valence-corrected chi connectivity index (χ0v) is 63.5. The molecule has 592 valence electrons. The molecule has 4 aliphatic heterocycles. The minimum absolute atomic E-state index is 0.0412. The number of carbonyl (C=O) groups is 14. The molecule has 4 aromatic rings. The van der Waals surface area contributed by atoms with Crippen LogP contribution in [0.15, 0.2) is 43.0 Å². The lowest BCUT2D eigenvalue weighted by molar-refractivity contribution is -0.143. The monoisotopic (exact) mass is 1570 g/mol. The number of hydrogen-bond acceptors (Lipinski definition) is 21. The van der Waals surface area contributed by atoms with Gasteiger partial charge in [0.2, 0.25) is 41.4 Å². The van der Waals surface area contributed by atoms with Gasteiger partial charge in [0.1, 0.15) is 17.7 Å². The summed E-state index contributed by atoms with van der Waals surface area (Å²) in [5, 5.41) is 40.6. The highest BCUT2D eigenvalue weighted by atomic mass is 33.1. The molecular formula is C76H91F2N15O16S2. The van der Waals surface area contributed by atoms with E-state index in [1.165, 1.54) is 0 Å². The summed E-state index contributed by atoms with van der Waals surface area (Å²) >= 11 is 0. The highest BCUT2D eigenvalue weighted by molar-refractivity contribution is 8.76. The fourth-order valence-electron chi connectivity index (χ4n) is 14.9. The summed E-state index contributed by atoms with van der Waals surface area (Å²) in [5.41, 5.74) is 34.1. The number of nitrogens with two attached hydrogens (primary N) is 4. The maximum atomic E-state index is 15.2. The Labute approximate surface area is 643 Å². The van der Waals surface area contributed by atoms with Crippen LogP contribution < -0.4 is 49.5 Å². The summed E-state index contributed by atoms with van der Waals surface area (Å²) in [7, 11) is 1.71. The fraction of sp³-hybridized carbons (Fsp3) is 0.461. The highest BCUT2D eigenvalue weighted by Gasteiger charge is 2.44. The van der Waals surface area contributed by atoms with E-state index < -0.39 is 236 Å².